The van der Waals surface area contributed by atoms with Gasteiger partial charge in [0.2, 0.25) is 0 Å². The van der Waals surface area contributed by atoms with Crippen molar-refractivity contribution in [3.8, 4) is 5.75 Å². The van der Waals surface area contributed by atoms with Crippen LogP contribution in [0.25, 0.3) is 4.96 Å². The van der Waals surface area contributed by atoms with Gasteiger partial charge in [0, 0.05) is 36.7 Å². The van der Waals surface area contributed by atoms with E-state index in [1.54, 1.807) is 11.3 Å². The van der Waals surface area contributed by atoms with Crippen LogP contribution in [0.2, 0.25) is 0 Å². The van der Waals surface area contributed by atoms with Gasteiger partial charge in [0.05, 0.1) is 12.3 Å². The molecule has 0 amide bonds. The zero-order chi connectivity index (χ0) is 14.2. The minimum absolute atomic E-state index is 0.278. The second kappa shape index (κ2) is 5.16. The summed E-state index contributed by atoms with van der Waals surface area (Å²) in [5, 5.41) is 5.47. The molecule has 0 saturated heterocycles. The standard InChI is InChI=1S/C16H17N3OS/c1-17-14(9-13-10-19-5-7-21-16(19)18-13)11-2-3-15-12(8-11)4-6-20-15/h2-3,5,7-8,10,14,17H,4,6,9H2,1H3. The Labute approximate surface area is 127 Å². The number of hydrogen-bond donors (Lipinski definition) is 1. The van der Waals surface area contributed by atoms with Gasteiger partial charge in [0.25, 0.3) is 0 Å². The van der Waals surface area contributed by atoms with Crippen LogP contribution in [0.1, 0.15) is 22.9 Å². The average molecular weight is 299 g/mol. The van der Waals surface area contributed by atoms with Gasteiger partial charge in [-0.25, -0.2) is 4.98 Å². The molecule has 2 aromatic heterocycles. The zero-order valence-electron chi connectivity index (χ0n) is 11.9. The van der Waals surface area contributed by atoms with E-state index in [1.807, 2.05) is 7.05 Å². The van der Waals surface area contributed by atoms with E-state index in [0.29, 0.717) is 0 Å². The molecule has 3 aromatic rings. The lowest BCUT2D eigenvalue weighted by atomic mass is 9.99. The summed E-state index contributed by atoms with van der Waals surface area (Å²) < 4.78 is 7.67. The number of hydrogen-bond acceptors (Lipinski definition) is 4. The van der Waals surface area contributed by atoms with Gasteiger partial charge >= 0.3 is 0 Å². The topological polar surface area (TPSA) is 38.6 Å². The first-order valence-electron chi connectivity index (χ1n) is 7.17. The average Bonchev–Trinajstić information content (AvgIpc) is 3.18. The van der Waals surface area contributed by atoms with Crippen molar-refractivity contribution >= 4 is 16.3 Å². The molecule has 0 bridgehead atoms. The van der Waals surface area contributed by atoms with Crippen LogP contribution >= 0.6 is 11.3 Å². The molecule has 108 valence electrons. The van der Waals surface area contributed by atoms with Gasteiger partial charge in [-0.1, -0.05) is 12.1 Å². The summed E-state index contributed by atoms with van der Waals surface area (Å²) in [4.78, 5) is 5.73. The van der Waals surface area contributed by atoms with E-state index in [4.69, 9.17) is 4.74 Å². The number of benzene rings is 1. The fraction of sp³-hybridized carbons (Fsp3) is 0.312. The molecule has 1 aliphatic heterocycles. The SMILES string of the molecule is CNC(Cc1cn2ccsc2n1)c1ccc2c(c1)CCO2. The summed E-state index contributed by atoms with van der Waals surface area (Å²) in [5.74, 6) is 1.04. The van der Waals surface area contributed by atoms with Crippen molar-refractivity contribution in [2.45, 2.75) is 18.9 Å². The van der Waals surface area contributed by atoms with Crippen LogP contribution in [0.4, 0.5) is 0 Å². The molecule has 4 rings (SSSR count). The van der Waals surface area contributed by atoms with Crippen LogP contribution in [0.5, 0.6) is 5.75 Å². The van der Waals surface area contributed by atoms with Crippen molar-refractivity contribution in [3.05, 3.63) is 52.8 Å². The Hall–Kier alpha value is -1.85. The van der Waals surface area contributed by atoms with Crippen molar-refractivity contribution in [3.63, 3.8) is 0 Å². The second-order valence-electron chi connectivity index (χ2n) is 5.34. The zero-order valence-corrected chi connectivity index (χ0v) is 12.7. The largest absolute Gasteiger partial charge is 0.493 e. The minimum atomic E-state index is 0.278. The highest BCUT2D eigenvalue weighted by molar-refractivity contribution is 7.15. The lowest BCUT2D eigenvalue weighted by Gasteiger charge is -2.16. The van der Waals surface area contributed by atoms with Crippen LogP contribution in [-0.4, -0.2) is 23.0 Å². The van der Waals surface area contributed by atoms with Gasteiger partial charge in [0.1, 0.15) is 5.75 Å². The highest BCUT2D eigenvalue weighted by Crippen LogP contribution is 2.29. The first-order chi connectivity index (χ1) is 10.3. The van der Waals surface area contributed by atoms with Gasteiger partial charge in [-0.3, -0.25) is 4.40 Å². The molecular weight excluding hydrogens is 282 g/mol. The van der Waals surface area contributed by atoms with Crippen LogP contribution < -0.4 is 10.1 Å². The summed E-state index contributed by atoms with van der Waals surface area (Å²) in [6, 6.07) is 6.79. The lowest BCUT2D eigenvalue weighted by molar-refractivity contribution is 0.356. The van der Waals surface area contributed by atoms with E-state index >= 15 is 0 Å². The van der Waals surface area contributed by atoms with Crippen molar-refractivity contribution < 1.29 is 4.74 Å². The molecule has 3 heterocycles. The third kappa shape index (κ3) is 2.32. The van der Waals surface area contributed by atoms with Gasteiger partial charge in [-0.05, 0) is 24.2 Å². The number of nitrogens with zero attached hydrogens (tertiary/aromatic N) is 2. The van der Waals surface area contributed by atoms with Crippen molar-refractivity contribution in [2.75, 3.05) is 13.7 Å². The molecule has 0 radical (unpaired) electrons. The Bertz CT molecular complexity index is 748. The maximum absolute atomic E-state index is 5.58. The third-order valence-electron chi connectivity index (χ3n) is 4.02. The van der Waals surface area contributed by atoms with E-state index in [1.165, 1.54) is 11.1 Å². The summed E-state index contributed by atoms with van der Waals surface area (Å²) in [7, 11) is 2.01. The van der Waals surface area contributed by atoms with E-state index in [2.05, 4.69) is 50.7 Å². The summed E-state index contributed by atoms with van der Waals surface area (Å²) in [6.07, 6.45) is 6.08. The summed E-state index contributed by atoms with van der Waals surface area (Å²) in [6.45, 7) is 0.806. The first-order valence-corrected chi connectivity index (χ1v) is 8.05. The Morgan fingerprint density at radius 1 is 1.48 bits per heavy atom. The summed E-state index contributed by atoms with van der Waals surface area (Å²) >= 11 is 1.67. The third-order valence-corrected chi connectivity index (χ3v) is 4.79. The maximum atomic E-state index is 5.58. The van der Waals surface area contributed by atoms with Crippen LogP contribution in [0.3, 0.4) is 0 Å². The molecule has 1 aromatic carbocycles. The molecule has 1 atom stereocenters. The minimum Gasteiger partial charge on any atom is -0.493 e. The van der Waals surface area contributed by atoms with Gasteiger partial charge in [-0.15, -0.1) is 11.3 Å². The number of thiazole rings is 1. The lowest BCUT2D eigenvalue weighted by Crippen LogP contribution is -2.19. The smallest absolute Gasteiger partial charge is 0.193 e. The highest BCUT2D eigenvalue weighted by atomic mass is 32.1. The fourth-order valence-corrected chi connectivity index (χ4v) is 3.61. The van der Waals surface area contributed by atoms with Gasteiger partial charge in [-0.2, -0.15) is 0 Å². The Morgan fingerprint density at radius 3 is 3.29 bits per heavy atom. The Balaban J connectivity index is 1.60. The number of likely N-dealkylation sites (N-methyl/N-ethyl adjacent to an activating group) is 1. The number of aromatic nitrogens is 2. The quantitative estimate of drug-likeness (QED) is 0.805. The normalized spacial score (nSPS) is 15.1. The van der Waals surface area contributed by atoms with E-state index in [-0.39, 0.29) is 6.04 Å². The molecule has 0 saturated carbocycles. The molecule has 1 unspecified atom stereocenters. The summed E-state index contributed by atoms with van der Waals surface area (Å²) in [5.41, 5.74) is 3.75. The van der Waals surface area contributed by atoms with Crippen LogP contribution in [0.15, 0.2) is 36.0 Å². The number of rotatable bonds is 4. The van der Waals surface area contributed by atoms with Crippen LogP contribution in [0, 0.1) is 0 Å². The molecule has 0 aliphatic carbocycles. The van der Waals surface area contributed by atoms with Crippen molar-refractivity contribution in [2.24, 2.45) is 0 Å². The number of imidazole rings is 1. The van der Waals surface area contributed by atoms with Crippen molar-refractivity contribution in [1.82, 2.24) is 14.7 Å². The monoisotopic (exact) mass is 299 g/mol. The second-order valence-corrected chi connectivity index (χ2v) is 6.21. The Morgan fingerprint density at radius 2 is 2.43 bits per heavy atom. The predicted molar refractivity (Wildman–Crippen MR) is 84.2 cm³/mol. The molecule has 0 fully saturated rings. The number of ether oxygens (including phenoxy) is 1. The van der Waals surface area contributed by atoms with Crippen molar-refractivity contribution in [1.29, 1.82) is 0 Å². The molecule has 1 aliphatic rings. The molecule has 1 N–H and O–H groups in total. The molecular formula is C16H17N3OS. The van der Waals surface area contributed by atoms with Gasteiger partial charge < -0.3 is 10.1 Å². The molecule has 21 heavy (non-hydrogen) atoms. The molecule has 5 heteroatoms. The molecule has 0 spiro atoms. The highest BCUT2D eigenvalue weighted by Gasteiger charge is 2.17. The molecule has 4 nitrogen and oxygen atoms in total. The number of fused-ring (bicyclic) bond motifs is 2. The Kier molecular flexibility index (Phi) is 3.16. The maximum Gasteiger partial charge on any atom is 0.193 e. The van der Waals surface area contributed by atoms with Crippen LogP contribution in [-0.2, 0) is 12.8 Å². The number of nitrogens with one attached hydrogen (secondary N) is 1. The fourth-order valence-electron chi connectivity index (χ4n) is 2.89. The predicted octanol–water partition coefficient (Wildman–Crippen LogP) is 2.83. The van der Waals surface area contributed by atoms with Gasteiger partial charge in [0.15, 0.2) is 4.96 Å². The first kappa shape index (κ1) is 12.9. The van der Waals surface area contributed by atoms with E-state index in [0.717, 1.165) is 35.9 Å². The van der Waals surface area contributed by atoms with E-state index in [9.17, 15) is 0 Å². The van der Waals surface area contributed by atoms with E-state index < -0.39 is 0 Å².